The van der Waals surface area contributed by atoms with Gasteiger partial charge in [0.05, 0.1) is 6.10 Å². The van der Waals surface area contributed by atoms with Gasteiger partial charge in [-0.15, -0.1) is 0 Å². The molecule has 3 fully saturated rings. The minimum Gasteiger partial charge on any atom is -0.396 e. The molecule has 0 heterocycles. The highest BCUT2D eigenvalue weighted by molar-refractivity contribution is 5.75. The van der Waals surface area contributed by atoms with Gasteiger partial charge in [0.15, 0.2) is 0 Å². The average molecular weight is 324 g/mol. The maximum atomic E-state index is 12.6. The van der Waals surface area contributed by atoms with E-state index in [1.807, 2.05) is 11.9 Å². The van der Waals surface area contributed by atoms with E-state index in [-0.39, 0.29) is 24.1 Å². The van der Waals surface area contributed by atoms with E-state index < -0.39 is 0 Å². The van der Waals surface area contributed by atoms with E-state index >= 15 is 0 Å². The lowest BCUT2D eigenvalue weighted by atomic mass is 9.51. The summed E-state index contributed by atoms with van der Waals surface area (Å²) in [5, 5.41) is 12.5. The Morgan fingerprint density at radius 3 is 2.52 bits per heavy atom. The van der Waals surface area contributed by atoms with Gasteiger partial charge < -0.3 is 20.1 Å². The fraction of sp³-hybridized carbons (Fsp3) is 0.944. The molecule has 0 aliphatic heterocycles. The van der Waals surface area contributed by atoms with Crippen LogP contribution in [0.2, 0.25) is 0 Å². The van der Waals surface area contributed by atoms with Crippen LogP contribution >= 0.6 is 0 Å². The molecule has 3 saturated carbocycles. The Kier molecular flexibility index (Phi) is 5.16. The Morgan fingerprint density at radius 2 is 2.00 bits per heavy atom. The summed E-state index contributed by atoms with van der Waals surface area (Å²) in [7, 11) is 1.92. The smallest absolute Gasteiger partial charge is 0.317 e. The molecule has 1 spiro atoms. The maximum absolute atomic E-state index is 12.6. The Hall–Kier alpha value is -0.810. The molecule has 2 amide bonds. The first kappa shape index (κ1) is 17.0. The van der Waals surface area contributed by atoms with Crippen molar-refractivity contribution in [1.29, 1.82) is 0 Å². The van der Waals surface area contributed by atoms with Gasteiger partial charge in [0.2, 0.25) is 0 Å². The lowest BCUT2D eigenvalue weighted by molar-refractivity contribution is -0.170. The second kappa shape index (κ2) is 6.98. The first-order chi connectivity index (χ1) is 11.1. The largest absolute Gasteiger partial charge is 0.396 e. The fourth-order valence-corrected chi connectivity index (χ4v) is 4.77. The Morgan fingerprint density at radius 1 is 1.30 bits per heavy atom. The summed E-state index contributed by atoms with van der Waals surface area (Å²) >= 11 is 0. The van der Waals surface area contributed by atoms with Crippen LogP contribution in [0.15, 0.2) is 0 Å². The van der Waals surface area contributed by atoms with E-state index in [1.165, 1.54) is 19.3 Å². The Labute approximate surface area is 139 Å². The van der Waals surface area contributed by atoms with Crippen LogP contribution in [0.1, 0.15) is 58.3 Å². The molecule has 3 aliphatic rings. The van der Waals surface area contributed by atoms with Crippen LogP contribution in [0.4, 0.5) is 4.79 Å². The number of ether oxygens (including phenoxy) is 1. The van der Waals surface area contributed by atoms with Crippen molar-refractivity contribution in [2.75, 3.05) is 20.3 Å². The zero-order valence-corrected chi connectivity index (χ0v) is 14.6. The molecule has 0 saturated heterocycles. The van der Waals surface area contributed by atoms with Crippen LogP contribution < -0.4 is 5.32 Å². The SMILES string of the molecule is CCOC1CC(NC(=O)N(C)C2CCC(CO)CC2)C12CCC2. The molecule has 0 aromatic carbocycles. The van der Waals surface area contributed by atoms with Gasteiger partial charge in [-0.3, -0.25) is 0 Å². The topological polar surface area (TPSA) is 61.8 Å². The first-order valence-corrected chi connectivity index (χ1v) is 9.36. The number of nitrogens with one attached hydrogen (secondary N) is 1. The number of urea groups is 1. The molecule has 3 aliphatic carbocycles. The van der Waals surface area contributed by atoms with E-state index in [1.54, 1.807) is 0 Å². The zero-order chi connectivity index (χ0) is 16.4. The lowest BCUT2D eigenvalue weighted by Gasteiger charge is -2.61. The van der Waals surface area contributed by atoms with Gasteiger partial charge in [0.1, 0.15) is 0 Å². The van der Waals surface area contributed by atoms with Crippen molar-refractivity contribution in [2.24, 2.45) is 11.3 Å². The van der Waals surface area contributed by atoms with E-state index in [0.717, 1.165) is 38.7 Å². The van der Waals surface area contributed by atoms with E-state index in [2.05, 4.69) is 12.2 Å². The van der Waals surface area contributed by atoms with Crippen LogP contribution in [0, 0.1) is 11.3 Å². The lowest BCUT2D eigenvalue weighted by Crippen LogP contribution is -2.68. The Balaban J connectivity index is 1.49. The number of amides is 2. The quantitative estimate of drug-likeness (QED) is 0.817. The molecule has 23 heavy (non-hydrogen) atoms. The highest BCUT2D eigenvalue weighted by Gasteiger charge is 2.59. The van der Waals surface area contributed by atoms with Crippen LogP contribution in [0.25, 0.3) is 0 Å². The van der Waals surface area contributed by atoms with Gasteiger partial charge >= 0.3 is 6.03 Å². The van der Waals surface area contributed by atoms with Crippen LogP contribution in [0.5, 0.6) is 0 Å². The molecule has 2 unspecified atom stereocenters. The minimum absolute atomic E-state index is 0.0728. The molecule has 2 N–H and O–H groups in total. The molecule has 0 aromatic heterocycles. The van der Waals surface area contributed by atoms with Gasteiger partial charge in [-0.2, -0.15) is 0 Å². The maximum Gasteiger partial charge on any atom is 0.317 e. The summed E-state index contributed by atoms with van der Waals surface area (Å²) in [6, 6.07) is 0.679. The average Bonchev–Trinajstić information content (AvgIpc) is 2.51. The van der Waals surface area contributed by atoms with Crippen LogP contribution in [0.3, 0.4) is 0 Å². The number of nitrogens with zero attached hydrogens (tertiary/aromatic N) is 1. The van der Waals surface area contributed by atoms with Crippen LogP contribution in [-0.4, -0.2) is 54.5 Å². The Bertz CT molecular complexity index is 416. The summed E-state index contributed by atoms with van der Waals surface area (Å²) in [5.74, 6) is 0.430. The summed E-state index contributed by atoms with van der Waals surface area (Å²) < 4.78 is 5.86. The summed E-state index contributed by atoms with van der Waals surface area (Å²) in [5.41, 5.74) is 0.223. The summed E-state index contributed by atoms with van der Waals surface area (Å²) in [6.07, 6.45) is 9.01. The van der Waals surface area contributed by atoms with E-state index in [4.69, 9.17) is 4.74 Å². The highest BCUT2D eigenvalue weighted by Crippen LogP contribution is 2.57. The van der Waals surface area contributed by atoms with E-state index in [0.29, 0.717) is 18.1 Å². The molecular weight excluding hydrogens is 292 g/mol. The van der Waals surface area contributed by atoms with E-state index in [9.17, 15) is 9.90 Å². The van der Waals surface area contributed by atoms with Crippen molar-refractivity contribution in [3.63, 3.8) is 0 Å². The normalized spacial score (nSPS) is 35.3. The van der Waals surface area contributed by atoms with Crippen molar-refractivity contribution >= 4 is 6.03 Å². The van der Waals surface area contributed by atoms with Gasteiger partial charge in [-0.25, -0.2) is 4.79 Å². The molecule has 132 valence electrons. The third kappa shape index (κ3) is 3.10. The number of aliphatic hydroxyl groups excluding tert-OH is 1. The number of hydrogen-bond acceptors (Lipinski definition) is 3. The number of carbonyl (C=O) groups excluding carboxylic acids is 1. The zero-order valence-electron chi connectivity index (χ0n) is 14.6. The van der Waals surface area contributed by atoms with Crippen molar-refractivity contribution in [1.82, 2.24) is 10.2 Å². The monoisotopic (exact) mass is 324 g/mol. The van der Waals surface area contributed by atoms with Crippen molar-refractivity contribution in [3.05, 3.63) is 0 Å². The molecule has 2 atom stereocenters. The number of carbonyl (C=O) groups is 1. The number of aliphatic hydroxyl groups is 1. The molecule has 5 nitrogen and oxygen atoms in total. The van der Waals surface area contributed by atoms with Crippen molar-refractivity contribution in [2.45, 2.75) is 76.5 Å². The fourth-order valence-electron chi connectivity index (χ4n) is 4.77. The molecule has 5 heteroatoms. The highest BCUT2D eigenvalue weighted by atomic mass is 16.5. The first-order valence-electron chi connectivity index (χ1n) is 9.36. The summed E-state index contributed by atoms with van der Waals surface area (Å²) in [4.78, 5) is 14.5. The van der Waals surface area contributed by atoms with Gasteiger partial charge in [0, 0.05) is 37.8 Å². The van der Waals surface area contributed by atoms with Crippen LogP contribution in [-0.2, 0) is 4.74 Å². The van der Waals surface area contributed by atoms with Gasteiger partial charge in [0.25, 0.3) is 0 Å². The predicted molar refractivity (Wildman–Crippen MR) is 89.2 cm³/mol. The molecule has 0 radical (unpaired) electrons. The summed E-state index contributed by atoms with van der Waals surface area (Å²) in [6.45, 7) is 3.10. The second-order valence-corrected chi connectivity index (χ2v) is 7.74. The molecule has 0 bridgehead atoms. The molecule has 3 rings (SSSR count). The van der Waals surface area contributed by atoms with Crippen molar-refractivity contribution in [3.8, 4) is 0 Å². The number of rotatable bonds is 5. The second-order valence-electron chi connectivity index (χ2n) is 7.74. The van der Waals surface area contributed by atoms with Crippen molar-refractivity contribution < 1.29 is 14.6 Å². The van der Waals surface area contributed by atoms with Gasteiger partial charge in [-0.1, -0.05) is 6.42 Å². The molecule has 0 aromatic rings. The third-order valence-corrected chi connectivity index (χ3v) is 6.68. The standard InChI is InChI=1S/C18H32N2O3/c1-3-23-16-11-15(18(16)9-4-10-18)19-17(22)20(2)14-7-5-13(12-21)6-8-14/h13-16,21H,3-12H2,1-2H3,(H,19,22). The molecular formula is C18H32N2O3. The van der Waals surface area contributed by atoms with Gasteiger partial charge in [-0.05, 0) is 57.8 Å². The minimum atomic E-state index is 0.0728. The third-order valence-electron chi connectivity index (χ3n) is 6.68. The number of hydrogen-bond donors (Lipinski definition) is 2. The predicted octanol–water partition coefficient (Wildman–Crippen LogP) is 2.53.